The number of halogens is 1. The standard InChI is InChI=1S/C22H22ClN3O4/c1-13-4-5-14(2)18(12-13)24-22(28)15(3)29-20(27)11-10-19-25-21(26-30-19)16-6-8-17(23)9-7-16/h4-9,12,15H,10-11H2,1-3H3,(H,24,28). The van der Waals surface area contributed by atoms with Crippen LogP contribution in [0.3, 0.4) is 0 Å². The van der Waals surface area contributed by atoms with Crippen molar-refractivity contribution in [2.75, 3.05) is 5.32 Å². The first-order chi connectivity index (χ1) is 14.3. The van der Waals surface area contributed by atoms with Gasteiger partial charge in [-0.05, 0) is 62.2 Å². The number of aromatic nitrogens is 2. The second-order valence-electron chi connectivity index (χ2n) is 6.96. The molecule has 0 saturated carbocycles. The SMILES string of the molecule is Cc1ccc(C)c(NC(=O)C(C)OC(=O)CCc2nc(-c3ccc(Cl)cc3)no2)c1. The summed E-state index contributed by atoms with van der Waals surface area (Å²) < 4.78 is 10.4. The van der Waals surface area contributed by atoms with Gasteiger partial charge < -0.3 is 14.6 Å². The summed E-state index contributed by atoms with van der Waals surface area (Å²) in [6, 6.07) is 12.8. The molecule has 3 rings (SSSR count). The van der Waals surface area contributed by atoms with Crippen molar-refractivity contribution in [3.8, 4) is 11.4 Å². The molecule has 0 radical (unpaired) electrons. The Hall–Kier alpha value is -3.19. The summed E-state index contributed by atoms with van der Waals surface area (Å²) in [4.78, 5) is 28.7. The largest absolute Gasteiger partial charge is 0.453 e. The molecule has 1 atom stereocenters. The van der Waals surface area contributed by atoms with Crippen molar-refractivity contribution in [1.29, 1.82) is 0 Å². The molecule has 2 aromatic carbocycles. The fourth-order valence-corrected chi connectivity index (χ4v) is 2.82. The van der Waals surface area contributed by atoms with Crippen LogP contribution in [0.4, 0.5) is 5.69 Å². The summed E-state index contributed by atoms with van der Waals surface area (Å²) in [5.41, 5.74) is 3.41. The third-order valence-corrected chi connectivity index (χ3v) is 4.69. The average molecular weight is 428 g/mol. The molecule has 0 bridgehead atoms. The van der Waals surface area contributed by atoms with E-state index in [0.717, 1.165) is 16.7 Å². The lowest BCUT2D eigenvalue weighted by atomic mass is 10.1. The number of nitrogens with zero attached hydrogens (tertiary/aromatic N) is 2. The summed E-state index contributed by atoms with van der Waals surface area (Å²) in [7, 11) is 0. The van der Waals surface area contributed by atoms with Gasteiger partial charge >= 0.3 is 5.97 Å². The van der Waals surface area contributed by atoms with E-state index in [1.165, 1.54) is 6.92 Å². The number of nitrogens with one attached hydrogen (secondary N) is 1. The molecule has 0 spiro atoms. The number of carbonyl (C=O) groups excluding carboxylic acids is 2. The highest BCUT2D eigenvalue weighted by Gasteiger charge is 2.19. The van der Waals surface area contributed by atoms with Crippen molar-refractivity contribution in [3.05, 3.63) is 64.5 Å². The van der Waals surface area contributed by atoms with Crippen LogP contribution < -0.4 is 5.32 Å². The van der Waals surface area contributed by atoms with Crippen molar-refractivity contribution in [3.63, 3.8) is 0 Å². The van der Waals surface area contributed by atoms with Gasteiger partial charge in [0.2, 0.25) is 11.7 Å². The molecule has 1 heterocycles. The normalized spacial score (nSPS) is 11.7. The van der Waals surface area contributed by atoms with Gasteiger partial charge in [0.25, 0.3) is 5.91 Å². The van der Waals surface area contributed by atoms with E-state index in [1.54, 1.807) is 24.3 Å². The van der Waals surface area contributed by atoms with E-state index in [2.05, 4.69) is 15.5 Å². The third-order valence-electron chi connectivity index (χ3n) is 4.44. The number of amides is 1. The predicted molar refractivity (Wildman–Crippen MR) is 113 cm³/mol. The minimum absolute atomic E-state index is 0.0172. The van der Waals surface area contributed by atoms with E-state index < -0.39 is 12.1 Å². The van der Waals surface area contributed by atoms with Gasteiger partial charge in [0, 0.05) is 22.7 Å². The molecule has 8 heteroatoms. The number of esters is 1. The van der Waals surface area contributed by atoms with Crippen molar-refractivity contribution in [2.24, 2.45) is 0 Å². The lowest BCUT2D eigenvalue weighted by molar-refractivity contribution is -0.153. The van der Waals surface area contributed by atoms with Crippen molar-refractivity contribution in [2.45, 2.75) is 39.7 Å². The van der Waals surface area contributed by atoms with Gasteiger partial charge in [-0.3, -0.25) is 9.59 Å². The van der Waals surface area contributed by atoms with Crippen LogP contribution in [-0.4, -0.2) is 28.1 Å². The number of hydrogen-bond donors (Lipinski definition) is 1. The van der Waals surface area contributed by atoms with Crippen molar-refractivity contribution < 1.29 is 18.8 Å². The van der Waals surface area contributed by atoms with Gasteiger partial charge in [0.15, 0.2) is 6.10 Å². The molecule has 7 nitrogen and oxygen atoms in total. The highest BCUT2D eigenvalue weighted by molar-refractivity contribution is 6.30. The van der Waals surface area contributed by atoms with E-state index >= 15 is 0 Å². The zero-order valence-corrected chi connectivity index (χ0v) is 17.7. The van der Waals surface area contributed by atoms with Crippen molar-refractivity contribution >= 4 is 29.2 Å². The van der Waals surface area contributed by atoms with E-state index in [4.69, 9.17) is 20.9 Å². The quantitative estimate of drug-likeness (QED) is 0.557. The summed E-state index contributed by atoms with van der Waals surface area (Å²) in [6.07, 6.45) is -0.696. The van der Waals surface area contributed by atoms with Crippen LogP contribution in [0.25, 0.3) is 11.4 Å². The second-order valence-corrected chi connectivity index (χ2v) is 7.39. The van der Waals surface area contributed by atoms with Crippen LogP contribution in [0, 0.1) is 13.8 Å². The van der Waals surface area contributed by atoms with Gasteiger partial charge in [0.05, 0.1) is 6.42 Å². The number of anilines is 1. The number of carbonyl (C=O) groups is 2. The zero-order chi connectivity index (χ0) is 21.7. The van der Waals surface area contributed by atoms with Gasteiger partial charge in [-0.25, -0.2) is 0 Å². The fraction of sp³-hybridized carbons (Fsp3) is 0.273. The first-order valence-electron chi connectivity index (χ1n) is 9.48. The van der Waals surface area contributed by atoms with Gasteiger partial charge in [-0.2, -0.15) is 4.98 Å². The highest BCUT2D eigenvalue weighted by atomic mass is 35.5. The molecule has 3 aromatic rings. The number of aryl methyl sites for hydroxylation is 3. The van der Waals surface area contributed by atoms with Gasteiger partial charge in [-0.15, -0.1) is 0 Å². The molecule has 1 N–H and O–H groups in total. The Morgan fingerprint density at radius 2 is 1.90 bits per heavy atom. The molecule has 1 unspecified atom stereocenters. The second kappa shape index (κ2) is 9.54. The van der Waals surface area contributed by atoms with Crippen LogP contribution in [0.15, 0.2) is 47.0 Å². The van der Waals surface area contributed by atoms with E-state index in [9.17, 15) is 9.59 Å². The molecule has 0 aliphatic carbocycles. The maximum atomic E-state index is 12.3. The van der Waals surface area contributed by atoms with Crippen molar-refractivity contribution in [1.82, 2.24) is 10.1 Å². The van der Waals surface area contributed by atoms with Gasteiger partial charge in [0.1, 0.15) is 0 Å². The monoisotopic (exact) mass is 427 g/mol. The number of benzene rings is 2. The molecule has 0 aliphatic rings. The Morgan fingerprint density at radius 1 is 1.17 bits per heavy atom. The summed E-state index contributed by atoms with van der Waals surface area (Å²) >= 11 is 5.87. The van der Waals surface area contributed by atoms with Gasteiger partial charge in [-0.1, -0.05) is 28.9 Å². The lowest BCUT2D eigenvalue weighted by Gasteiger charge is -2.15. The predicted octanol–water partition coefficient (Wildman–Crippen LogP) is 4.51. The first kappa shape index (κ1) is 21.5. The lowest BCUT2D eigenvalue weighted by Crippen LogP contribution is -2.30. The minimum atomic E-state index is -0.926. The average Bonchev–Trinajstić information content (AvgIpc) is 3.18. The molecular weight excluding hydrogens is 406 g/mol. The fourth-order valence-electron chi connectivity index (χ4n) is 2.70. The molecular formula is C22H22ClN3O4. The van der Waals surface area contributed by atoms with Crippen LogP contribution in [0.1, 0.15) is 30.4 Å². The third kappa shape index (κ3) is 5.67. The van der Waals surface area contributed by atoms with Crippen LogP contribution in [0.5, 0.6) is 0 Å². The zero-order valence-electron chi connectivity index (χ0n) is 16.9. The Morgan fingerprint density at radius 3 is 2.63 bits per heavy atom. The highest BCUT2D eigenvalue weighted by Crippen LogP contribution is 2.19. The summed E-state index contributed by atoms with van der Waals surface area (Å²) in [5.74, 6) is -0.189. The topological polar surface area (TPSA) is 94.3 Å². The molecule has 156 valence electrons. The number of ether oxygens (including phenoxy) is 1. The smallest absolute Gasteiger partial charge is 0.307 e. The maximum absolute atomic E-state index is 12.3. The maximum Gasteiger partial charge on any atom is 0.307 e. The molecule has 30 heavy (non-hydrogen) atoms. The molecule has 0 fully saturated rings. The van der Waals surface area contributed by atoms with Crippen LogP contribution in [-0.2, 0) is 20.7 Å². The molecule has 1 amide bonds. The Labute approximate surface area is 179 Å². The number of hydrogen-bond acceptors (Lipinski definition) is 6. The number of rotatable bonds is 7. The molecule has 1 aromatic heterocycles. The summed E-state index contributed by atoms with van der Waals surface area (Å²) in [5, 5.41) is 7.30. The summed E-state index contributed by atoms with van der Waals surface area (Å²) in [6.45, 7) is 5.37. The first-order valence-corrected chi connectivity index (χ1v) is 9.86. The Kier molecular flexibility index (Phi) is 6.84. The minimum Gasteiger partial charge on any atom is -0.453 e. The van der Waals surface area contributed by atoms with E-state index in [-0.39, 0.29) is 18.7 Å². The van der Waals surface area contributed by atoms with Crippen LogP contribution in [0.2, 0.25) is 5.02 Å². The Balaban J connectivity index is 1.50. The van der Waals surface area contributed by atoms with E-state index in [0.29, 0.717) is 22.4 Å². The Bertz CT molecular complexity index is 1050. The molecule has 0 aliphatic heterocycles. The molecule has 0 saturated heterocycles. The van der Waals surface area contributed by atoms with Crippen LogP contribution >= 0.6 is 11.6 Å². The van der Waals surface area contributed by atoms with E-state index in [1.807, 2.05) is 32.0 Å².